The molecule has 20 N–H and O–H groups in total. The molecule has 0 aliphatic rings. The zero-order valence-corrected chi connectivity index (χ0v) is 37.6. The highest BCUT2D eigenvalue weighted by Crippen LogP contribution is 2.14. The van der Waals surface area contributed by atoms with E-state index in [0.29, 0.717) is 11.4 Å². The number of fused-ring (bicyclic) bond motifs is 1. The highest BCUT2D eigenvalue weighted by atomic mass is 16.4. The second-order valence-corrected chi connectivity index (χ2v) is 15.8. The minimum atomic E-state index is -2.59. The molecule has 0 unspecified atom stereocenters. The first-order chi connectivity index (χ1) is 33.8. The van der Waals surface area contributed by atoms with Crippen molar-refractivity contribution in [3.63, 3.8) is 0 Å². The Labute approximate surface area is 403 Å². The van der Waals surface area contributed by atoms with Crippen LogP contribution >= 0.6 is 0 Å². The van der Waals surface area contributed by atoms with Gasteiger partial charge in [0.1, 0.15) is 72.6 Å². The van der Waals surface area contributed by atoms with Gasteiger partial charge in [-0.3, -0.25) is 38.5 Å². The quantitative estimate of drug-likeness (QED) is 0.0307. The molecule has 0 saturated heterocycles. The molecule has 0 saturated carbocycles. The number of aliphatic carboxylic acids is 3. The molecule has 0 spiro atoms. The zero-order chi connectivity index (χ0) is 54.1. The standard InChI is InChI=1S/C40H53N11O21/c1-14(54)8-19(38(69)70)46-35(65)26(31(62)29(60)22(56)13-53)49-24(58)9-20(39(71)72)47-34(64)25(30(61)28(59)21(55)12-52)48-23(57)7-6-18(37(67)68)45-33(63)15-2-4-16(5-3-15)42-10-17-11-43-32-27(44-17)36(66)51-40(41)50-32/h2-5,11,18-22,25-26,28-31,42,52-53,55-56,59-62H,6-10,12-13H2,1H3,(H,45,63)(H,46,65)(H,47,64)(H,48,57)(H,49,58)(H,67,68)(H,69,70)(H,71,72)(H3,41,43,50,51,66)/t18-,19-,20-,21+,22+,25-,26-,28+,29+,30+,31+/m0/s1. The van der Waals surface area contributed by atoms with Crippen LogP contribution in [0.1, 0.15) is 48.7 Å². The molecule has 2 aromatic heterocycles. The van der Waals surface area contributed by atoms with E-state index in [-0.39, 0.29) is 29.2 Å². The average molecular weight is 1020 g/mol. The van der Waals surface area contributed by atoms with E-state index in [1.165, 1.54) is 30.5 Å². The van der Waals surface area contributed by atoms with E-state index in [9.17, 15) is 104 Å². The SMILES string of the molecule is CC(=O)C[C@H](NC(=O)[C@@H](NC(=O)C[C@H](NC(=O)[C@@H](NC(=O)CC[C@H](NC(=O)c1ccc(NCc2cnc3nc(N)[nH]c(=O)c3n2)cc1)C(=O)O)[C@@H](O)[C@H](O)[C@H](O)CO)C(=O)O)[C@@H](O)[C@H](O)[C@H](O)CO)C(=O)O. The zero-order valence-electron chi connectivity index (χ0n) is 37.6. The number of aromatic amines is 1. The number of H-pyrrole nitrogens is 1. The summed E-state index contributed by atoms with van der Waals surface area (Å²) in [5.74, 6) is -13.5. The van der Waals surface area contributed by atoms with Crippen LogP contribution in [0.4, 0.5) is 11.6 Å². The highest BCUT2D eigenvalue weighted by molar-refractivity contribution is 5.98. The number of carbonyl (C=O) groups excluding carboxylic acids is 6. The number of nitrogens with two attached hydrogens (primary N) is 1. The summed E-state index contributed by atoms with van der Waals surface area (Å²) >= 11 is 0. The van der Waals surface area contributed by atoms with Gasteiger partial charge >= 0.3 is 17.9 Å². The number of aliphatic hydroxyl groups is 8. The van der Waals surface area contributed by atoms with Crippen LogP contribution in [0, 0.1) is 0 Å². The number of benzene rings is 1. The van der Waals surface area contributed by atoms with Gasteiger partial charge in [0, 0.05) is 24.1 Å². The molecule has 0 aliphatic heterocycles. The summed E-state index contributed by atoms with van der Waals surface area (Å²) in [6, 6.07) is -5.62. The van der Waals surface area contributed by atoms with Crippen LogP contribution in [0.15, 0.2) is 35.3 Å². The van der Waals surface area contributed by atoms with Crippen LogP contribution in [0.2, 0.25) is 0 Å². The third kappa shape index (κ3) is 16.9. The number of nitrogen functional groups attached to an aromatic ring is 1. The van der Waals surface area contributed by atoms with Gasteiger partial charge in [-0.15, -0.1) is 0 Å². The molecular formula is C40H53N11O21. The molecule has 394 valence electrons. The minimum Gasteiger partial charge on any atom is -0.480 e. The van der Waals surface area contributed by atoms with Crippen molar-refractivity contribution in [3.05, 3.63) is 52.1 Å². The number of anilines is 2. The van der Waals surface area contributed by atoms with E-state index >= 15 is 0 Å². The predicted molar refractivity (Wildman–Crippen MR) is 237 cm³/mol. The number of nitrogens with one attached hydrogen (secondary N) is 7. The van der Waals surface area contributed by atoms with Crippen LogP contribution in [0.5, 0.6) is 0 Å². The topological polar surface area (TPSA) is 546 Å². The van der Waals surface area contributed by atoms with Gasteiger partial charge in [0.25, 0.3) is 11.5 Å². The lowest BCUT2D eigenvalue weighted by molar-refractivity contribution is -0.148. The second kappa shape index (κ2) is 26.9. The Balaban J connectivity index is 1.73. The van der Waals surface area contributed by atoms with E-state index < -0.39 is 165 Å². The average Bonchev–Trinajstić information content (AvgIpc) is 3.33. The Kier molecular flexibility index (Phi) is 21.9. The molecule has 1 aromatic carbocycles. The molecule has 72 heavy (non-hydrogen) atoms. The van der Waals surface area contributed by atoms with E-state index in [4.69, 9.17) is 5.73 Å². The third-order valence-corrected chi connectivity index (χ3v) is 10.2. The maximum atomic E-state index is 13.5. The van der Waals surface area contributed by atoms with Gasteiger partial charge < -0.3 is 93.8 Å². The van der Waals surface area contributed by atoms with E-state index in [1.807, 2.05) is 5.32 Å². The number of amides is 5. The fraction of sp³-hybridized carbons (Fsp3) is 0.475. The molecular weight excluding hydrogens is 970 g/mol. The number of aliphatic hydroxyl groups excluding tert-OH is 8. The maximum absolute atomic E-state index is 13.5. The Morgan fingerprint density at radius 3 is 1.64 bits per heavy atom. The molecule has 2 heterocycles. The number of Topliss-reactive ketones (excluding diaryl/α,β-unsaturated/α-hetero) is 1. The molecule has 0 aliphatic carbocycles. The monoisotopic (exact) mass is 1020 g/mol. The van der Waals surface area contributed by atoms with Gasteiger partial charge in [0.05, 0.1) is 38.1 Å². The molecule has 5 amide bonds. The van der Waals surface area contributed by atoms with Crippen molar-refractivity contribution in [1.82, 2.24) is 46.5 Å². The van der Waals surface area contributed by atoms with E-state index in [0.717, 1.165) is 6.92 Å². The van der Waals surface area contributed by atoms with Gasteiger partial charge in [0.15, 0.2) is 11.2 Å². The summed E-state index contributed by atoms with van der Waals surface area (Å²) in [6.45, 7) is -1.44. The number of hydrogen-bond donors (Lipinski definition) is 19. The van der Waals surface area contributed by atoms with Gasteiger partial charge in [-0.2, -0.15) is 4.98 Å². The summed E-state index contributed by atoms with van der Waals surface area (Å²) in [5, 5.41) is 122. The van der Waals surface area contributed by atoms with Gasteiger partial charge in [-0.25, -0.2) is 24.4 Å². The van der Waals surface area contributed by atoms with Gasteiger partial charge in [-0.1, -0.05) is 0 Å². The fourth-order valence-corrected chi connectivity index (χ4v) is 6.31. The Hall–Kier alpha value is -7.85. The molecule has 32 heteroatoms. The van der Waals surface area contributed by atoms with Crippen LogP contribution in [0.25, 0.3) is 11.2 Å². The number of carboxylic acid groups (broad SMARTS) is 3. The summed E-state index contributed by atoms with van der Waals surface area (Å²) in [6.07, 6.45) is -16.9. The summed E-state index contributed by atoms with van der Waals surface area (Å²) in [5.41, 5.74) is 5.59. The van der Waals surface area contributed by atoms with Crippen molar-refractivity contribution < 1.29 is 99.3 Å². The molecule has 32 nitrogen and oxygen atoms in total. The van der Waals surface area contributed by atoms with Crippen molar-refractivity contribution in [1.29, 1.82) is 0 Å². The number of aromatic nitrogens is 4. The van der Waals surface area contributed by atoms with Crippen molar-refractivity contribution >= 4 is 76.0 Å². The summed E-state index contributed by atoms with van der Waals surface area (Å²) < 4.78 is 0. The number of carboxylic acids is 3. The molecule has 0 fully saturated rings. The summed E-state index contributed by atoms with van der Waals surface area (Å²) in [4.78, 5) is 140. The molecule has 3 aromatic rings. The van der Waals surface area contributed by atoms with Crippen molar-refractivity contribution in [3.8, 4) is 0 Å². The van der Waals surface area contributed by atoms with Gasteiger partial charge in [-0.05, 0) is 37.6 Å². The lowest BCUT2D eigenvalue weighted by atomic mass is 9.98. The van der Waals surface area contributed by atoms with Crippen LogP contribution in [-0.4, -0.2) is 209 Å². The van der Waals surface area contributed by atoms with E-state index in [2.05, 4.69) is 30.6 Å². The van der Waals surface area contributed by atoms with Crippen LogP contribution < -0.4 is 43.2 Å². The van der Waals surface area contributed by atoms with Crippen LogP contribution in [-0.2, 0) is 44.9 Å². The van der Waals surface area contributed by atoms with Crippen molar-refractivity contribution in [2.75, 3.05) is 24.3 Å². The number of rotatable bonds is 29. The fourth-order valence-electron chi connectivity index (χ4n) is 6.31. The number of carbonyl (C=O) groups is 9. The largest absolute Gasteiger partial charge is 0.480 e. The highest BCUT2D eigenvalue weighted by Gasteiger charge is 2.41. The first-order valence-electron chi connectivity index (χ1n) is 21.1. The predicted octanol–water partition coefficient (Wildman–Crippen LogP) is -8.50. The maximum Gasteiger partial charge on any atom is 0.326 e. The number of ketones is 1. The Bertz CT molecular complexity index is 2510. The number of nitrogens with zero attached hydrogens (tertiary/aromatic N) is 3. The van der Waals surface area contributed by atoms with Crippen molar-refractivity contribution in [2.24, 2.45) is 0 Å². The van der Waals surface area contributed by atoms with E-state index in [1.54, 1.807) is 16.0 Å². The molecule has 3 rings (SSSR count). The van der Waals surface area contributed by atoms with Gasteiger partial charge in [0.2, 0.25) is 29.6 Å². The first kappa shape index (κ1) is 58.5. The normalized spacial score (nSPS) is 15.8. The van der Waals surface area contributed by atoms with Crippen molar-refractivity contribution in [2.45, 2.75) is 106 Å². The molecule has 11 atom stereocenters. The first-order valence-corrected chi connectivity index (χ1v) is 21.1. The minimum absolute atomic E-state index is 0.0239. The lowest BCUT2D eigenvalue weighted by Crippen LogP contribution is -2.62. The summed E-state index contributed by atoms with van der Waals surface area (Å²) in [7, 11) is 0. The Morgan fingerprint density at radius 2 is 1.15 bits per heavy atom. The Morgan fingerprint density at radius 1 is 0.653 bits per heavy atom. The van der Waals surface area contributed by atoms with Crippen LogP contribution in [0.3, 0.4) is 0 Å². The number of hydrogen-bond acceptors (Lipinski definition) is 23. The smallest absolute Gasteiger partial charge is 0.326 e. The molecule has 0 bridgehead atoms. The third-order valence-electron chi connectivity index (χ3n) is 10.2. The lowest BCUT2D eigenvalue weighted by Gasteiger charge is -2.31. The molecule has 0 radical (unpaired) electrons. The second-order valence-electron chi connectivity index (χ2n) is 15.8.